The number of rotatable bonds is 6. The van der Waals surface area contributed by atoms with Crippen molar-refractivity contribution in [2.24, 2.45) is 0 Å². The number of carbonyl (C=O) groups excluding carboxylic acids is 3. The SMILES string of the molecule is COC1CCCC1N[C@@H]1CCCC[C@@H]1Oc1ccc2c(c1)CN(C1CCC(=O)NC1=O)C2=O. The zero-order valence-electron chi connectivity index (χ0n) is 19.2. The molecular formula is C25H33N3O5. The molecule has 0 spiro atoms. The van der Waals surface area contributed by atoms with E-state index in [1.165, 1.54) is 12.8 Å². The van der Waals surface area contributed by atoms with E-state index in [9.17, 15) is 14.4 Å². The number of amides is 3. The summed E-state index contributed by atoms with van der Waals surface area (Å²) in [6.07, 6.45) is 8.85. The van der Waals surface area contributed by atoms with E-state index < -0.39 is 6.04 Å². The van der Waals surface area contributed by atoms with E-state index >= 15 is 0 Å². The van der Waals surface area contributed by atoms with E-state index in [0.717, 1.165) is 43.4 Å². The number of nitrogens with one attached hydrogen (secondary N) is 2. The van der Waals surface area contributed by atoms with Crippen LogP contribution in [-0.4, -0.2) is 60.1 Å². The number of nitrogens with zero attached hydrogens (tertiary/aromatic N) is 1. The number of methoxy groups -OCH3 is 1. The lowest BCUT2D eigenvalue weighted by Gasteiger charge is -2.35. The van der Waals surface area contributed by atoms with Crippen molar-refractivity contribution in [2.45, 2.75) is 94.7 Å². The Morgan fingerprint density at radius 3 is 2.55 bits per heavy atom. The van der Waals surface area contributed by atoms with E-state index in [0.29, 0.717) is 24.6 Å². The molecule has 2 heterocycles. The number of hydrogen-bond donors (Lipinski definition) is 2. The van der Waals surface area contributed by atoms with Gasteiger partial charge in [0.15, 0.2) is 0 Å². The molecule has 3 amide bonds. The molecule has 178 valence electrons. The van der Waals surface area contributed by atoms with Crippen LogP contribution in [0.5, 0.6) is 5.75 Å². The van der Waals surface area contributed by atoms with Gasteiger partial charge in [0.05, 0.1) is 6.10 Å². The van der Waals surface area contributed by atoms with Crippen molar-refractivity contribution >= 4 is 17.7 Å². The van der Waals surface area contributed by atoms with Gasteiger partial charge >= 0.3 is 0 Å². The van der Waals surface area contributed by atoms with Crippen molar-refractivity contribution in [3.8, 4) is 5.75 Å². The molecule has 2 aliphatic carbocycles. The standard InChI is InChI=1S/C25H33N3O5/c1-32-21-8-4-6-18(21)26-19-5-2-3-7-22(19)33-16-9-10-17-15(13-16)14-28(25(17)31)20-11-12-23(29)27-24(20)30/h9-10,13,18-22,26H,2-8,11-12,14H2,1H3,(H,27,29,30)/t18?,19-,20?,21?,22+/m1/s1. The molecule has 33 heavy (non-hydrogen) atoms. The third-order valence-corrected chi connectivity index (χ3v) is 7.67. The van der Waals surface area contributed by atoms with Gasteiger partial charge in [-0.15, -0.1) is 0 Å². The zero-order chi connectivity index (χ0) is 22.9. The maximum Gasteiger partial charge on any atom is 0.255 e. The fraction of sp³-hybridized carbons (Fsp3) is 0.640. The predicted molar refractivity (Wildman–Crippen MR) is 121 cm³/mol. The summed E-state index contributed by atoms with van der Waals surface area (Å²) in [4.78, 5) is 38.3. The molecule has 0 radical (unpaired) electrons. The fourth-order valence-corrected chi connectivity index (χ4v) is 5.90. The lowest BCUT2D eigenvalue weighted by Crippen LogP contribution is -2.52. The second-order valence-corrected chi connectivity index (χ2v) is 9.74. The van der Waals surface area contributed by atoms with Crippen molar-refractivity contribution in [3.05, 3.63) is 29.3 Å². The Bertz CT molecular complexity index is 935. The van der Waals surface area contributed by atoms with Crippen LogP contribution >= 0.6 is 0 Å². The molecule has 0 aromatic heterocycles. The summed E-state index contributed by atoms with van der Waals surface area (Å²) in [5, 5.41) is 6.17. The van der Waals surface area contributed by atoms with Gasteiger partial charge in [0.1, 0.15) is 17.9 Å². The Labute approximate surface area is 194 Å². The Balaban J connectivity index is 1.26. The second-order valence-electron chi connectivity index (χ2n) is 9.74. The first-order valence-corrected chi connectivity index (χ1v) is 12.3. The highest BCUT2D eigenvalue weighted by Gasteiger charge is 2.39. The first kappa shape index (κ1) is 22.3. The van der Waals surface area contributed by atoms with Crippen molar-refractivity contribution in [3.63, 3.8) is 0 Å². The average Bonchev–Trinajstić information content (AvgIpc) is 3.39. The van der Waals surface area contributed by atoms with Crippen LogP contribution < -0.4 is 15.4 Å². The zero-order valence-corrected chi connectivity index (χ0v) is 19.2. The van der Waals surface area contributed by atoms with Crippen molar-refractivity contribution in [2.75, 3.05) is 7.11 Å². The molecule has 4 aliphatic rings. The number of benzene rings is 1. The Kier molecular flexibility index (Phi) is 6.38. The molecule has 3 unspecified atom stereocenters. The van der Waals surface area contributed by atoms with Gasteiger partial charge in [0, 0.05) is 37.7 Å². The molecule has 5 rings (SSSR count). The molecule has 1 saturated heterocycles. The number of fused-ring (bicyclic) bond motifs is 1. The third-order valence-electron chi connectivity index (χ3n) is 7.67. The maximum absolute atomic E-state index is 12.9. The summed E-state index contributed by atoms with van der Waals surface area (Å²) in [5.74, 6) is -0.0578. The molecule has 2 N–H and O–H groups in total. The normalized spacial score (nSPS) is 32.1. The lowest BCUT2D eigenvalue weighted by molar-refractivity contribution is -0.136. The highest BCUT2D eigenvalue weighted by Crippen LogP contribution is 2.32. The van der Waals surface area contributed by atoms with Gasteiger partial charge in [-0.1, -0.05) is 6.42 Å². The molecule has 8 nitrogen and oxygen atoms in total. The van der Waals surface area contributed by atoms with Gasteiger partial charge in [0.25, 0.3) is 5.91 Å². The number of imide groups is 1. The van der Waals surface area contributed by atoms with Crippen molar-refractivity contribution in [1.82, 2.24) is 15.5 Å². The molecule has 5 atom stereocenters. The minimum Gasteiger partial charge on any atom is -0.489 e. The van der Waals surface area contributed by atoms with Crippen LogP contribution in [0.15, 0.2) is 18.2 Å². The molecule has 3 fully saturated rings. The van der Waals surface area contributed by atoms with Gasteiger partial charge in [-0.25, -0.2) is 0 Å². The number of piperidine rings is 1. The number of hydrogen-bond acceptors (Lipinski definition) is 6. The van der Waals surface area contributed by atoms with Gasteiger partial charge in [0.2, 0.25) is 11.8 Å². The van der Waals surface area contributed by atoms with Gasteiger partial charge in [-0.05, 0) is 68.7 Å². The summed E-state index contributed by atoms with van der Waals surface area (Å²) in [6, 6.07) is 5.68. The minimum absolute atomic E-state index is 0.0817. The lowest BCUT2D eigenvalue weighted by atomic mass is 9.91. The number of ether oxygens (including phenoxy) is 2. The molecule has 0 bridgehead atoms. The Morgan fingerprint density at radius 1 is 0.970 bits per heavy atom. The summed E-state index contributed by atoms with van der Waals surface area (Å²) in [7, 11) is 1.80. The average molecular weight is 456 g/mol. The quantitative estimate of drug-likeness (QED) is 0.639. The summed E-state index contributed by atoms with van der Waals surface area (Å²) in [6.45, 7) is 0.363. The van der Waals surface area contributed by atoms with Crippen LogP contribution in [0, 0.1) is 0 Å². The van der Waals surface area contributed by atoms with Gasteiger partial charge in [-0.2, -0.15) is 0 Å². The monoisotopic (exact) mass is 455 g/mol. The van der Waals surface area contributed by atoms with Gasteiger partial charge < -0.3 is 19.7 Å². The highest BCUT2D eigenvalue weighted by atomic mass is 16.5. The van der Waals surface area contributed by atoms with Gasteiger partial charge in [-0.3, -0.25) is 19.7 Å². The van der Waals surface area contributed by atoms with Crippen LogP contribution in [0.4, 0.5) is 0 Å². The fourth-order valence-electron chi connectivity index (χ4n) is 5.90. The number of carbonyl (C=O) groups is 3. The molecule has 1 aromatic carbocycles. The van der Waals surface area contributed by atoms with Crippen LogP contribution in [0.2, 0.25) is 0 Å². The summed E-state index contributed by atoms with van der Waals surface area (Å²) < 4.78 is 12.1. The minimum atomic E-state index is -0.598. The van der Waals surface area contributed by atoms with Crippen LogP contribution in [0.25, 0.3) is 0 Å². The third kappa shape index (κ3) is 4.51. The van der Waals surface area contributed by atoms with E-state index in [1.54, 1.807) is 12.0 Å². The second kappa shape index (κ2) is 9.43. The topological polar surface area (TPSA) is 97.0 Å². The molecule has 2 aliphatic heterocycles. The summed E-state index contributed by atoms with van der Waals surface area (Å²) in [5.41, 5.74) is 1.48. The highest BCUT2D eigenvalue weighted by molar-refractivity contribution is 6.05. The van der Waals surface area contributed by atoms with Crippen LogP contribution in [0.3, 0.4) is 0 Å². The van der Waals surface area contributed by atoms with Crippen molar-refractivity contribution in [1.29, 1.82) is 0 Å². The van der Waals surface area contributed by atoms with E-state index in [1.807, 2.05) is 18.2 Å². The molecule has 2 saturated carbocycles. The van der Waals surface area contributed by atoms with E-state index in [4.69, 9.17) is 9.47 Å². The smallest absolute Gasteiger partial charge is 0.255 e. The maximum atomic E-state index is 12.9. The van der Waals surface area contributed by atoms with Crippen molar-refractivity contribution < 1.29 is 23.9 Å². The van der Waals surface area contributed by atoms with E-state index in [-0.39, 0.29) is 42.4 Å². The molecular weight excluding hydrogens is 422 g/mol. The predicted octanol–water partition coefficient (Wildman–Crippen LogP) is 2.29. The summed E-state index contributed by atoms with van der Waals surface area (Å²) >= 11 is 0. The Morgan fingerprint density at radius 2 is 1.73 bits per heavy atom. The van der Waals surface area contributed by atoms with Crippen LogP contribution in [-0.2, 0) is 20.9 Å². The van der Waals surface area contributed by atoms with E-state index in [2.05, 4.69) is 10.6 Å². The molecule has 1 aromatic rings. The first-order valence-electron chi connectivity index (χ1n) is 12.3. The van der Waals surface area contributed by atoms with Crippen LogP contribution in [0.1, 0.15) is 73.7 Å². The largest absolute Gasteiger partial charge is 0.489 e. The Hall–Kier alpha value is -2.45. The first-order chi connectivity index (χ1) is 16.0. The molecule has 8 heteroatoms.